The van der Waals surface area contributed by atoms with Crippen LogP contribution in [-0.4, -0.2) is 17.1 Å². The van der Waals surface area contributed by atoms with Gasteiger partial charge in [-0.3, -0.25) is 4.90 Å². The molecule has 0 saturated carbocycles. The maximum Gasteiger partial charge on any atom is 0.129 e. The smallest absolute Gasteiger partial charge is 0.129 e. The Labute approximate surface area is 122 Å². The first-order chi connectivity index (χ1) is 9.76. The molecule has 1 aromatic carbocycles. The molecule has 0 aliphatic carbocycles. The summed E-state index contributed by atoms with van der Waals surface area (Å²) in [5.74, 6) is 1.51. The first kappa shape index (κ1) is 13.4. The number of nitrogens with zero attached hydrogens (tertiary/aromatic N) is 1. The van der Waals surface area contributed by atoms with Crippen LogP contribution in [0.2, 0.25) is 0 Å². The summed E-state index contributed by atoms with van der Waals surface area (Å²) in [6, 6.07) is 12.2. The van der Waals surface area contributed by atoms with Crippen molar-refractivity contribution in [1.82, 2.24) is 4.90 Å². The predicted molar refractivity (Wildman–Crippen MR) is 81.6 cm³/mol. The number of hydrogen-bond acceptors (Lipinski definition) is 4. The van der Waals surface area contributed by atoms with Gasteiger partial charge in [-0.05, 0) is 41.6 Å². The van der Waals surface area contributed by atoms with Crippen LogP contribution < -0.4 is 0 Å². The predicted octanol–water partition coefficient (Wildman–Crippen LogP) is 3.62. The fraction of sp³-hybridized carbons (Fsp3) is 0.250. The third-order valence-electron chi connectivity index (χ3n) is 3.30. The lowest BCUT2D eigenvalue weighted by Crippen LogP contribution is -2.16. The van der Waals surface area contributed by atoms with Crippen LogP contribution in [0.15, 0.2) is 46.2 Å². The normalized spacial score (nSPS) is 11.6. The number of thiophene rings is 1. The summed E-state index contributed by atoms with van der Waals surface area (Å²) >= 11 is 1.79. The van der Waals surface area contributed by atoms with E-state index in [9.17, 15) is 0 Å². The van der Waals surface area contributed by atoms with Crippen molar-refractivity contribution in [1.29, 1.82) is 0 Å². The zero-order valence-corrected chi connectivity index (χ0v) is 12.2. The second-order valence-corrected chi connectivity index (χ2v) is 5.87. The molecule has 4 heteroatoms. The van der Waals surface area contributed by atoms with Crippen LogP contribution in [0, 0.1) is 0 Å². The molecule has 0 bridgehead atoms. The molecule has 20 heavy (non-hydrogen) atoms. The summed E-state index contributed by atoms with van der Waals surface area (Å²) < 4.78 is 6.85. The van der Waals surface area contributed by atoms with Gasteiger partial charge in [0, 0.05) is 11.2 Å². The number of furan rings is 1. The standard InChI is InChI=1S/C16H17NO2S/c1-17(9-13-6-7-14(10-18)19-13)8-12-11-20-16-5-3-2-4-15(12)16/h2-7,11,18H,8-10H2,1H3. The molecule has 0 aliphatic rings. The van der Waals surface area contributed by atoms with Crippen LogP contribution in [0.3, 0.4) is 0 Å². The maximum atomic E-state index is 9.00. The van der Waals surface area contributed by atoms with Gasteiger partial charge in [-0.2, -0.15) is 0 Å². The van der Waals surface area contributed by atoms with E-state index in [1.54, 1.807) is 11.3 Å². The van der Waals surface area contributed by atoms with Gasteiger partial charge in [0.15, 0.2) is 0 Å². The molecule has 0 fully saturated rings. The Kier molecular flexibility index (Phi) is 3.87. The molecule has 0 spiro atoms. The molecule has 0 aliphatic heterocycles. The van der Waals surface area contributed by atoms with Crippen molar-refractivity contribution in [3.05, 3.63) is 58.9 Å². The lowest BCUT2D eigenvalue weighted by Gasteiger charge is -2.14. The van der Waals surface area contributed by atoms with Crippen molar-refractivity contribution in [3.63, 3.8) is 0 Å². The van der Waals surface area contributed by atoms with E-state index in [-0.39, 0.29) is 6.61 Å². The van der Waals surface area contributed by atoms with Crippen LogP contribution >= 0.6 is 11.3 Å². The first-order valence-electron chi connectivity index (χ1n) is 6.58. The van der Waals surface area contributed by atoms with Crippen molar-refractivity contribution in [2.24, 2.45) is 0 Å². The molecular formula is C16H17NO2S. The Bertz CT molecular complexity index is 701. The molecule has 2 aromatic heterocycles. The van der Waals surface area contributed by atoms with E-state index in [2.05, 4.69) is 41.6 Å². The monoisotopic (exact) mass is 287 g/mol. The summed E-state index contributed by atoms with van der Waals surface area (Å²) in [4.78, 5) is 2.22. The number of hydrogen-bond donors (Lipinski definition) is 1. The third kappa shape index (κ3) is 2.77. The Hall–Kier alpha value is -1.62. The number of benzene rings is 1. The minimum absolute atomic E-state index is 0.0428. The van der Waals surface area contributed by atoms with E-state index in [4.69, 9.17) is 9.52 Å². The van der Waals surface area contributed by atoms with Crippen molar-refractivity contribution in [2.75, 3.05) is 7.05 Å². The van der Waals surface area contributed by atoms with Gasteiger partial charge < -0.3 is 9.52 Å². The van der Waals surface area contributed by atoms with Crippen molar-refractivity contribution >= 4 is 21.4 Å². The van der Waals surface area contributed by atoms with Gasteiger partial charge in [0.2, 0.25) is 0 Å². The van der Waals surface area contributed by atoms with Crippen LogP contribution in [0.1, 0.15) is 17.1 Å². The summed E-state index contributed by atoms with van der Waals surface area (Å²) in [5, 5.41) is 12.6. The van der Waals surface area contributed by atoms with Gasteiger partial charge in [-0.25, -0.2) is 0 Å². The zero-order valence-electron chi connectivity index (χ0n) is 11.4. The van der Waals surface area contributed by atoms with Gasteiger partial charge in [-0.15, -0.1) is 11.3 Å². The second kappa shape index (κ2) is 5.79. The third-order valence-corrected chi connectivity index (χ3v) is 4.31. The van der Waals surface area contributed by atoms with Crippen LogP contribution in [-0.2, 0) is 19.7 Å². The van der Waals surface area contributed by atoms with Gasteiger partial charge in [0.25, 0.3) is 0 Å². The molecule has 0 atom stereocenters. The lowest BCUT2D eigenvalue weighted by atomic mass is 10.1. The molecule has 0 saturated heterocycles. The van der Waals surface area contributed by atoms with E-state index >= 15 is 0 Å². The highest BCUT2D eigenvalue weighted by molar-refractivity contribution is 7.17. The number of fused-ring (bicyclic) bond motifs is 1. The average molecular weight is 287 g/mol. The quantitative estimate of drug-likeness (QED) is 0.778. The Morgan fingerprint density at radius 1 is 1.10 bits per heavy atom. The van der Waals surface area contributed by atoms with E-state index in [0.29, 0.717) is 5.76 Å². The molecule has 104 valence electrons. The topological polar surface area (TPSA) is 36.6 Å². The van der Waals surface area contributed by atoms with Crippen molar-refractivity contribution in [3.8, 4) is 0 Å². The minimum Gasteiger partial charge on any atom is -0.462 e. The van der Waals surface area contributed by atoms with Gasteiger partial charge >= 0.3 is 0 Å². The molecule has 3 aromatic rings. The fourth-order valence-electron chi connectivity index (χ4n) is 2.36. The summed E-state index contributed by atoms with van der Waals surface area (Å²) in [6.07, 6.45) is 0. The molecule has 0 radical (unpaired) electrons. The summed E-state index contributed by atoms with van der Waals surface area (Å²) in [6.45, 7) is 1.59. The number of aliphatic hydroxyl groups is 1. The molecule has 3 nitrogen and oxygen atoms in total. The number of rotatable bonds is 5. The lowest BCUT2D eigenvalue weighted by molar-refractivity contribution is 0.231. The Balaban J connectivity index is 1.70. The van der Waals surface area contributed by atoms with Crippen LogP contribution in [0.4, 0.5) is 0 Å². The average Bonchev–Trinajstić information content (AvgIpc) is 3.06. The molecule has 1 N–H and O–H groups in total. The highest BCUT2D eigenvalue weighted by Gasteiger charge is 2.09. The molecular weight excluding hydrogens is 270 g/mol. The molecule has 2 heterocycles. The van der Waals surface area contributed by atoms with E-state index < -0.39 is 0 Å². The highest BCUT2D eigenvalue weighted by atomic mass is 32.1. The number of aliphatic hydroxyl groups excluding tert-OH is 1. The van der Waals surface area contributed by atoms with E-state index in [1.165, 1.54) is 15.6 Å². The summed E-state index contributed by atoms with van der Waals surface area (Å²) in [7, 11) is 2.08. The van der Waals surface area contributed by atoms with E-state index in [1.807, 2.05) is 12.1 Å². The van der Waals surface area contributed by atoms with Gasteiger partial charge in [-0.1, -0.05) is 18.2 Å². The fourth-order valence-corrected chi connectivity index (χ4v) is 3.31. The summed E-state index contributed by atoms with van der Waals surface area (Å²) in [5.41, 5.74) is 1.35. The van der Waals surface area contributed by atoms with Gasteiger partial charge in [0.1, 0.15) is 18.1 Å². The van der Waals surface area contributed by atoms with Gasteiger partial charge in [0.05, 0.1) is 6.54 Å². The highest BCUT2D eigenvalue weighted by Crippen LogP contribution is 2.26. The Morgan fingerprint density at radius 2 is 1.90 bits per heavy atom. The SMILES string of the molecule is CN(Cc1ccc(CO)o1)Cc1csc2ccccc12. The zero-order chi connectivity index (χ0) is 13.9. The largest absolute Gasteiger partial charge is 0.462 e. The van der Waals surface area contributed by atoms with Crippen molar-refractivity contribution < 1.29 is 9.52 Å². The Morgan fingerprint density at radius 3 is 2.70 bits per heavy atom. The molecule has 0 amide bonds. The molecule has 3 rings (SSSR count). The van der Waals surface area contributed by atoms with Crippen LogP contribution in [0.5, 0.6) is 0 Å². The second-order valence-electron chi connectivity index (χ2n) is 4.96. The molecule has 0 unspecified atom stereocenters. The minimum atomic E-state index is -0.0428. The van der Waals surface area contributed by atoms with Crippen LogP contribution in [0.25, 0.3) is 10.1 Å². The van der Waals surface area contributed by atoms with E-state index in [0.717, 1.165) is 18.8 Å². The van der Waals surface area contributed by atoms with Crippen molar-refractivity contribution in [2.45, 2.75) is 19.7 Å². The maximum absolute atomic E-state index is 9.00. The first-order valence-corrected chi connectivity index (χ1v) is 7.46.